The Kier molecular flexibility index (Phi) is 5.24. The van der Waals surface area contributed by atoms with Gasteiger partial charge in [0.2, 0.25) is 5.91 Å². The van der Waals surface area contributed by atoms with E-state index in [-0.39, 0.29) is 16.8 Å². The Morgan fingerprint density at radius 1 is 1.38 bits per heavy atom. The molecule has 0 aromatic heterocycles. The first-order valence-electron chi connectivity index (χ1n) is 6.86. The third-order valence-corrected chi connectivity index (χ3v) is 5.49. The van der Waals surface area contributed by atoms with Crippen LogP contribution in [0.2, 0.25) is 5.02 Å². The molecule has 2 rings (SSSR count). The van der Waals surface area contributed by atoms with Gasteiger partial charge in [-0.15, -0.1) is 0 Å². The minimum Gasteiger partial charge on any atom is -0.338 e. The molecule has 1 saturated heterocycles. The molecule has 7 heteroatoms. The molecule has 5 nitrogen and oxygen atoms in total. The highest BCUT2D eigenvalue weighted by atomic mass is 35.5. The molecule has 0 saturated carbocycles. The molecular formula is C14H19ClN2O3S. The van der Waals surface area contributed by atoms with Gasteiger partial charge in [0.1, 0.15) is 5.75 Å². The van der Waals surface area contributed by atoms with E-state index < -0.39 is 15.6 Å². The van der Waals surface area contributed by atoms with Crippen LogP contribution in [0.4, 0.5) is 0 Å². The summed E-state index contributed by atoms with van der Waals surface area (Å²) >= 11 is 5.75. The number of nitrogens with one attached hydrogen (secondary N) is 1. The Bertz CT molecular complexity index is 601. The van der Waals surface area contributed by atoms with Crippen molar-refractivity contribution in [1.82, 2.24) is 10.2 Å². The SMILES string of the molecule is CNCC1CCCN1C(=O)CS(=O)(=O)c1ccc(Cl)cc1. The van der Waals surface area contributed by atoms with E-state index in [4.69, 9.17) is 11.6 Å². The molecule has 1 heterocycles. The number of likely N-dealkylation sites (tertiary alicyclic amines) is 1. The van der Waals surface area contributed by atoms with Gasteiger partial charge in [-0.2, -0.15) is 0 Å². The summed E-state index contributed by atoms with van der Waals surface area (Å²) in [5.74, 6) is -0.822. The molecule has 0 aliphatic carbocycles. The topological polar surface area (TPSA) is 66.5 Å². The van der Waals surface area contributed by atoms with Crippen LogP contribution >= 0.6 is 11.6 Å². The molecule has 1 atom stereocenters. The summed E-state index contributed by atoms with van der Waals surface area (Å²) in [5, 5.41) is 3.50. The number of hydrogen-bond acceptors (Lipinski definition) is 4. The molecule has 1 amide bonds. The first-order chi connectivity index (χ1) is 9.94. The smallest absolute Gasteiger partial charge is 0.238 e. The van der Waals surface area contributed by atoms with Crippen LogP contribution < -0.4 is 5.32 Å². The first kappa shape index (κ1) is 16.3. The summed E-state index contributed by atoms with van der Waals surface area (Å²) < 4.78 is 24.5. The molecular weight excluding hydrogens is 312 g/mol. The minimum absolute atomic E-state index is 0.0860. The zero-order valence-electron chi connectivity index (χ0n) is 11.9. The van der Waals surface area contributed by atoms with Crippen molar-refractivity contribution >= 4 is 27.3 Å². The van der Waals surface area contributed by atoms with Crippen LogP contribution in [0, 0.1) is 0 Å². The number of hydrogen-bond donors (Lipinski definition) is 1. The fourth-order valence-corrected chi connectivity index (χ4v) is 3.92. The minimum atomic E-state index is -3.62. The summed E-state index contributed by atoms with van der Waals surface area (Å²) in [6.07, 6.45) is 1.83. The van der Waals surface area contributed by atoms with Gasteiger partial charge in [-0.1, -0.05) is 11.6 Å². The van der Waals surface area contributed by atoms with Crippen molar-refractivity contribution in [3.8, 4) is 0 Å². The van der Waals surface area contributed by atoms with Gasteiger partial charge >= 0.3 is 0 Å². The zero-order chi connectivity index (χ0) is 15.5. The average Bonchev–Trinajstić information content (AvgIpc) is 2.87. The molecule has 116 valence electrons. The van der Waals surface area contributed by atoms with Gasteiger partial charge in [0.05, 0.1) is 4.90 Å². The Balaban J connectivity index is 2.09. The van der Waals surface area contributed by atoms with Crippen LogP contribution in [0.5, 0.6) is 0 Å². The number of rotatable bonds is 5. The monoisotopic (exact) mass is 330 g/mol. The van der Waals surface area contributed by atoms with E-state index in [0.29, 0.717) is 18.1 Å². The zero-order valence-corrected chi connectivity index (χ0v) is 13.5. The number of amides is 1. The van der Waals surface area contributed by atoms with Gasteiger partial charge in [-0.05, 0) is 44.2 Å². The molecule has 1 fully saturated rings. The average molecular weight is 331 g/mol. The maximum absolute atomic E-state index is 12.3. The van der Waals surface area contributed by atoms with E-state index in [2.05, 4.69) is 5.32 Å². The lowest BCUT2D eigenvalue weighted by Crippen LogP contribution is -2.43. The Morgan fingerprint density at radius 3 is 2.67 bits per heavy atom. The van der Waals surface area contributed by atoms with Crippen LogP contribution in [0.25, 0.3) is 0 Å². The van der Waals surface area contributed by atoms with E-state index in [1.807, 2.05) is 7.05 Å². The Labute approximate surface area is 130 Å². The molecule has 1 aromatic carbocycles. The quantitative estimate of drug-likeness (QED) is 0.884. The van der Waals surface area contributed by atoms with Crippen molar-refractivity contribution in [3.63, 3.8) is 0 Å². The second kappa shape index (κ2) is 6.77. The summed E-state index contributed by atoms with van der Waals surface area (Å²) in [6, 6.07) is 5.97. The van der Waals surface area contributed by atoms with Crippen molar-refractivity contribution in [1.29, 1.82) is 0 Å². The van der Waals surface area contributed by atoms with Crippen molar-refractivity contribution in [2.75, 3.05) is 25.9 Å². The number of benzene rings is 1. The maximum atomic E-state index is 12.3. The van der Waals surface area contributed by atoms with E-state index in [1.165, 1.54) is 24.3 Å². The standard InChI is InChI=1S/C14H19ClN2O3S/c1-16-9-12-3-2-8-17(12)14(18)10-21(19,20)13-6-4-11(15)5-7-13/h4-7,12,16H,2-3,8-10H2,1H3. The van der Waals surface area contributed by atoms with Gasteiger partial charge in [-0.25, -0.2) is 8.42 Å². The van der Waals surface area contributed by atoms with Gasteiger partial charge in [0.15, 0.2) is 9.84 Å². The van der Waals surface area contributed by atoms with Crippen LogP contribution in [0.1, 0.15) is 12.8 Å². The lowest BCUT2D eigenvalue weighted by Gasteiger charge is -2.24. The van der Waals surface area contributed by atoms with Crippen LogP contribution in [0.15, 0.2) is 29.2 Å². The Hall–Kier alpha value is -1.11. The molecule has 1 aliphatic heterocycles. The molecule has 1 N–H and O–H groups in total. The molecule has 21 heavy (non-hydrogen) atoms. The number of sulfone groups is 1. The number of carbonyl (C=O) groups is 1. The molecule has 0 bridgehead atoms. The highest BCUT2D eigenvalue weighted by Gasteiger charge is 2.31. The van der Waals surface area contributed by atoms with Crippen molar-refractivity contribution in [3.05, 3.63) is 29.3 Å². The third kappa shape index (κ3) is 3.96. The maximum Gasteiger partial charge on any atom is 0.238 e. The largest absolute Gasteiger partial charge is 0.338 e. The number of likely N-dealkylation sites (N-methyl/N-ethyl adjacent to an activating group) is 1. The number of carbonyl (C=O) groups excluding carboxylic acids is 1. The normalized spacial score (nSPS) is 19.0. The van der Waals surface area contributed by atoms with E-state index in [1.54, 1.807) is 4.90 Å². The van der Waals surface area contributed by atoms with Crippen molar-refractivity contribution in [2.24, 2.45) is 0 Å². The van der Waals surface area contributed by atoms with E-state index in [9.17, 15) is 13.2 Å². The van der Waals surface area contributed by atoms with Gasteiger partial charge in [-0.3, -0.25) is 4.79 Å². The second-order valence-corrected chi connectivity index (χ2v) is 7.58. The second-order valence-electron chi connectivity index (χ2n) is 5.15. The molecule has 1 aromatic rings. The predicted octanol–water partition coefficient (Wildman–Crippen LogP) is 1.32. The summed E-state index contributed by atoms with van der Waals surface area (Å²) in [6.45, 7) is 1.31. The number of nitrogens with zero attached hydrogens (tertiary/aromatic N) is 1. The molecule has 0 radical (unpaired) electrons. The fraction of sp³-hybridized carbons (Fsp3) is 0.500. The van der Waals surface area contributed by atoms with Crippen molar-refractivity contribution in [2.45, 2.75) is 23.8 Å². The van der Waals surface area contributed by atoms with Crippen LogP contribution in [-0.2, 0) is 14.6 Å². The highest BCUT2D eigenvalue weighted by molar-refractivity contribution is 7.92. The van der Waals surface area contributed by atoms with Crippen LogP contribution in [-0.4, -0.2) is 51.2 Å². The summed E-state index contributed by atoms with van der Waals surface area (Å²) in [4.78, 5) is 14.1. The summed E-state index contributed by atoms with van der Waals surface area (Å²) in [5.41, 5.74) is 0. The lowest BCUT2D eigenvalue weighted by atomic mass is 10.2. The van der Waals surface area contributed by atoms with E-state index >= 15 is 0 Å². The summed E-state index contributed by atoms with van der Waals surface area (Å²) in [7, 11) is -1.80. The van der Waals surface area contributed by atoms with Gasteiger partial charge in [0.25, 0.3) is 0 Å². The molecule has 1 aliphatic rings. The number of halogens is 1. The third-order valence-electron chi connectivity index (χ3n) is 3.62. The van der Waals surface area contributed by atoms with Gasteiger partial charge < -0.3 is 10.2 Å². The lowest BCUT2D eigenvalue weighted by molar-refractivity contribution is -0.129. The fourth-order valence-electron chi connectivity index (χ4n) is 2.58. The highest BCUT2D eigenvalue weighted by Crippen LogP contribution is 2.20. The van der Waals surface area contributed by atoms with E-state index in [0.717, 1.165) is 12.8 Å². The predicted molar refractivity (Wildman–Crippen MR) is 82.2 cm³/mol. The van der Waals surface area contributed by atoms with Gasteiger partial charge in [0, 0.05) is 24.2 Å². The van der Waals surface area contributed by atoms with Crippen molar-refractivity contribution < 1.29 is 13.2 Å². The molecule has 0 spiro atoms. The van der Waals surface area contributed by atoms with Crippen LogP contribution in [0.3, 0.4) is 0 Å². The first-order valence-corrected chi connectivity index (χ1v) is 8.89. The molecule has 1 unspecified atom stereocenters. The Morgan fingerprint density at radius 2 is 2.05 bits per heavy atom.